The molecular weight excluding hydrogens is 431 g/mol. The van der Waals surface area contributed by atoms with Crippen LogP contribution in [0.5, 0.6) is 11.5 Å². The number of fused-ring (bicyclic) bond motifs is 1. The zero-order valence-electron chi connectivity index (χ0n) is 15.3. The number of allylic oxidation sites excluding steroid dienone is 1. The number of rotatable bonds is 4. The SMILES string of the molecule is Cc1c(OCc2ccc(Cl)cc2Cl)ccc2c1O/C(=C\c1ccc(Cl)cc1)C2=O. The lowest BCUT2D eigenvalue weighted by molar-refractivity contribution is 0.101. The highest BCUT2D eigenvalue weighted by molar-refractivity contribution is 6.35. The molecule has 0 bridgehead atoms. The molecule has 0 atom stereocenters. The van der Waals surface area contributed by atoms with Crippen molar-refractivity contribution in [2.24, 2.45) is 0 Å². The van der Waals surface area contributed by atoms with Gasteiger partial charge >= 0.3 is 0 Å². The lowest BCUT2D eigenvalue weighted by Crippen LogP contribution is -1.99. The summed E-state index contributed by atoms with van der Waals surface area (Å²) in [5, 5.41) is 1.74. The van der Waals surface area contributed by atoms with E-state index in [2.05, 4.69) is 0 Å². The maximum absolute atomic E-state index is 12.7. The van der Waals surface area contributed by atoms with Gasteiger partial charge in [-0.25, -0.2) is 0 Å². The van der Waals surface area contributed by atoms with Crippen LogP contribution in [0.4, 0.5) is 0 Å². The van der Waals surface area contributed by atoms with Crippen LogP contribution >= 0.6 is 34.8 Å². The predicted molar refractivity (Wildman–Crippen MR) is 116 cm³/mol. The summed E-state index contributed by atoms with van der Waals surface area (Å²) in [6.07, 6.45) is 1.70. The van der Waals surface area contributed by atoms with Crippen molar-refractivity contribution in [2.75, 3.05) is 0 Å². The maximum atomic E-state index is 12.7. The normalized spacial score (nSPS) is 14.1. The Bertz CT molecular complexity index is 1130. The van der Waals surface area contributed by atoms with Crippen molar-refractivity contribution in [3.05, 3.63) is 97.7 Å². The van der Waals surface area contributed by atoms with Crippen LogP contribution in [-0.2, 0) is 6.61 Å². The molecular formula is C23H15Cl3O3. The van der Waals surface area contributed by atoms with Crippen molar-refractivity contribution in [3.63, 3.8) is 0 Å². The smallest absolute Gasteiger partial charge is 0.231 e. The van der Waals surface area contributed by atoms with Gasteiger partial charge in [0.25, 0.3) is 0 Å². The summed E-state index contributed by atoms with van der Waals surface area (Å²) in [5.41, 5.74) is 2.91. The number of halogens is 3. The highest BCUT2D eigenvalue weighted by Gasteiger charge is 2.30. The average molecular weight is 446 g/mol. The zero-order chi connectivity index (χ0) is 20.5. The molecule has 0 aliphatic carbocycles. The molecule has 3 aromatic carbocycles. The second-order valence-electron chi connectivity index (χ2n) is 6.58. The molecule has 0 unspecified atom stereocenters. The minimum Gasteiger partial charge on any atom is -0.488 e. The first kappa shape index (κ1) is 19.8. The molecule has 0 saturated carbocycles. The fourth-order valence-electron chi connectivity index (χ4n) is 3.03. The first-order valence-corrected chi connectivity index (χ1v) is 9.96. The van der Waals surface area contributed by atoms with Gasteiger partial charge in [-0.3, -0.25) is 4.79 Å². The fourth-order valence-corrected chi connectivity index (χ4v) is 3.62. The van der Waals surface area contributed by atoms with Crippen LogP contribution in [0.25, 0.3) is 6.08 Å². The van der Waals surface area contributed by atoms with E-state index in [-0.39, 0.29) is 18.1 Å². The number of ether oxygens (including phenoxy) is 2. The number of benzene rings is 3. The van der Waals surface area contributed by atoms with E-state index in [1.54, 1.807) is 42.5 Å². The molecule has 146 valence electrons. The van der Waals surface area contributed by atoms with Gasteiger partial charge in [0.15, 0.2) is 5.76 Å². The number of carbonyl (C=O) groups excluding carboxylic acids is 1. The fraction of sp³-hybridized carbons (Fsp3) is 0.0870. The highest BCUT2D eigenvalue weighted by Crippen LogP contribution is 2.39. The molecule has 1 aliphatic rings. The summed E-state index contributed by atoms with van der Waals surface area (Å²) in [4.78, 5) is 12.7. The van der Waals surface area contributed by atoms with E-state index in [1.807, 2.05) is 25.1 Å². The van der Waals surface area contributed by atoms with Gasteiger partial charge in [0.05, 0.1) is 5.56 Å². The molecule has 3 nitrogen and oxygen atoms in total. The van der Waals surface area contributed by atoms with Gasteiger partial charge in [0, 0.05) is 26.2 Å². The van der Waals surface area contributed by atoms with Crippen LogP contribution in [0.15, 0.2) is 60.4 Å². The third kappa shape index (κ3) is 4.13. The number of carbonyl (C=O) groups is 1. The Morgan fingerprint density at radius 3 is 2.41 bits per heavy atom. The maximum Gasteiger partial charge on any atom is 0.231 e. The van der Waals surface area contributed by atoms with Crippen LogP contribution in [0.3, 0.4) is 0 Å². The van der Waals surface area contributed by atoms with Gasteiger partial charge in [-0.15, -0.1) is 0 Å². The van der Waals surface area contributed by atoms with Crippen molar-refractivity contribution in [3.8, 4) is 11.5 Å². The molecule has 0 fully saturated rings. The Labute approximate surface area is 183 Å². The van der Waals surface area contributed by atoms with Crippen LogP contribution in [0.1, 0.15) is 27.0 Å². The number of hydrogen-bond acceptors (Lipinski definition) is 3. The van der Waals surface area contributed by atoms with Gasteiger partial charge in [-0.1, -0.05) is 53.0 Å². The van der Waals surface area contributed by atoms with E-state index in [1.165, 1.54) is 0 Å². The van der Waals surface area contributed by atoms with E-state index in [0.29, 0.717) is 32.1 Å². The number of ketones is 1. The first-order valence-electron chi connectivity index (χ1n) is 8.82. The lowest BCUT2D eigenvalue weighted by Gasteiger charge is -2.12. The van der Waals surface area contributed by atoms with Gasteiger partial charge in [0.2, 0.25) is 5.78 Å². The molecule has 1 aliphatic heterocycles. The second kappa shape index (κ2) is 8.11. The monoisotopic (exact) mass is 444 g/mol. The summed E-state index contributed by atoms with van der Waals surface area (Å²) in [6.45, 7) is 2.13. The standard InChI is InChI=1S/C23H15Cl3O3/c1-13-20(28-12-15-4-7-17(25)11-19(15)26)9-8-18-22(27)21(29-23(13)18)10-14-2-5-16(24)6-3-14/h2-11H,12H2,1H3/b21-10-. The Morgan fingerprint density at radius 1 is 0.966 bits per heavy atom. The largest absolute Gasteiger partial charge is 0.488 e. The lowest BCUT2D eigenvalue weighted by atomic mass is 10.1. The molecule has 4 rings (SSSR count). The van der Waals surface area contributed by atoms with Crippen LogP contribution in [-0.4, -0.2) is 5.78 Å². The Balaban J connectivity index is 1.57. The van der Waals surface area contributed by atoms with Crippen LogP contribution in [0, 0.1) is 6.92 Å². The Hall–Kier alpha value is -2.46. The molecule has 0 N–H and O–H groups in total. The van der Waals surface area contributed by atoms with Crippen molar-refractivity contribution >= 4 is 46.7 Å². The molecule has 0 saturated heterocycles. The molecule has 3 aromatic rings. The van der Waals surface area contributed by atoms with Crippen molar-refractivity contribution in [2.45, 2.75) is 13.5 Å². The molecule has 0 amide bonds. The summed E-state index contributed by atoms with van der Waals surface area (Å²) in [7, 11) is 0. The van der Waals surface area contributed by atoms with E-state index < -0.39 is 0 Å². The minimum atomic E-state index is -0.162. The van der Waals surface area contributed by atoms with Gasteiger partial charge in [0.1, 0.15) is 18.1 Å². The van der Waals surface area contributed by atoms with Crippen LogP contribution < -0.4 is 9.47 Å². The quantitative estimate of drug-likeness (QED) is 0.400. The van der Waals surface area contributed by atoms with E-state index in [0.717, 1.165) is 16.7 Å². The molecule has 0 spiro atoms. The molecule has 0 aromatic heterocycles. The van der Waals surface area contributed by atoms with E-state index in [9.17, 15) is 4.79 Å². The zero-order valence-corrected chi connectivity index (χ0v) is 17.6. The van der Waals surface area contributed by atoms with Gasteiger partial charge in [-0.2, -0.15) is 0 Å². The molecule has 29 heavy (non-hydrogen) atoms. The van der Waals surface area contributed by atoms with Crippen molar-refractivity contribution in [1.82, 2.24) is 0 Å². The van der Waals surface area contributed by atoms with Crippen LogP contribution in [0.2, 0.25) is 15.1 Å². The average Bonchev–Trinajstić information content (AvgIpc) is 3.01. The topological polar surface area (TPSA) is 35.5 Å². The van der Waals surface area contributed by atoms with Crippen molar-refractivity contribution < 1.29 is 14.3 Å². The third-order valence-corrected chi connectivity index (χ3v) is 5.44. The Morgan fingerprint density at radius 2 is 1.69 bits per heavy atom. The molecule has 1 heterocycles. The summed E-state index contributed by atoms with van der Waals surface area (Å²) in [5.74, 6) is 1.24. The van der Waals surface area contributed by atoms with Gasteiger partial charge < -0.3 is 9.47 Å². The van der Waals surface area contributed by atoms with Gasteiger partial charge in [-0.05, 0) is 55.0 Å². The summed E-state index contributed by atoms with van der Waals surface area (Å²) < 4.78 is 11.8. The first-order chi connectivity index (χ1) is 13.9. The highest BCUT2D eigenvalue weighted by atomic mass is 35.5. The minimum absolute atomic E-state index is 0.162. The Kier molecular flexibility index (Phi) is 5.55. The summed E-state index contributed by atoms with van der Waals surface area (Å²) >= 11 is 18.0. The molecule has 0 radical (unpaired) electrons. The third-order valence-electron chi connectivity index (χ3n) is 4.60. The van der Waals surface area contributed by atoms with E-state index in [4.69, 9.17) is 44.3 Å². The molecule has 6 heteroatoms. The predicted octanol–water partition coefficient (Wildman–Crippen LogP) is 7.15. The van der Waals surface area contributed by atoms with Crippen molar-refractivity contribution in [1.29, 1.82) is 0 Å². The van der Waals surface area contributed by atoms with E-state index >= 15 is 0 Å². The summed E-state index contributed by atoms with van der Waals surface area (Å²) in [6, 6.07) is 15.9. The second-order valence-corrected chi connectivity index (χ2v) is 7.86. The number of Topliss-reactive ketones (excluding diaryl/α,β-unsaturated/α-hetero) is 1. The number of hydrogen-bond donors (Lipinski definition) is 0.